The number of carbonyl (C=O) groups excluding carboxylic acids is 2. The highest BCUT2D eigenvalue weighted by Crippen LogP contribution is 2.24. The fourth-order valence-electron chi connectivity index (χ4n) is 4.12. The number of hydrogen-bond acceptors (Lipinski definition) is 5. The second-order valence-electron chi connectivity index (χ2n) is 9.02. The van der Waals surface area contributed by atoms with E-state index in [-0.39, 0.29) is 12.5 Å². The third kappa shape index (κ3) is 7.58. The van der Waals surface area contributed by atoms with Crippen LogP contribution in [0, 0.1) is 6.92 Å². The van der Waals surface area contributed by atoms with Gasteiger partial charge in [0.2, 0.25) is 21.8 Å². The number of benzene rings is 3. The normalized spacial score (nSPS) is 11.9. The molecule has 0 saturated heterocycles. The van der Waals surface area contributed by atoms with Crippen molar-refractivity contribution < 1.29 is 22.7 Å². The van der Waals surface area contributed by atoms with Crippen molar-refractivity contribution in [1.29, 1.82) is 0 Å². The molecule has 0 radical (unpaired) electrons. The Hall–Kier alpha value is -3.85. The molecule has 0 heterocycles. The van der Waals surface area contributed by atoms with E-state index >= 15 is 0 Å². The number of nitrogens with one attached hydrogen (secondary N) is 1. The van der Waals surface area contributed by atoms with E-state index in [1.54, 1.807) is 24.3 Å². The van der Waals surface area contributed by atoms with E-state index in [1.165, 1.54) is 11.9 Å². The van der Waals surface area contributed by atoms with Crippen LogP contribution in [0.25, 0.3) is 0 Å². The lowest BCUT2D eigenvalue weighted by molar-refractivity contribution is -0.140. The number of rotatable bonds is 12. The number of nitrogens with zero attached hydrogens (tertiary/aromatic N) is 2. The number of likely N-dealkylation sites (N-methyl/N-ethyl adjacent to an activating group) is 1. The minimum Gasteiger partial charge on any atom is -0.489 e. The maximum atomic E-state index is 13.7. The molecular formula is C29H35N3O5S. The molecule has 0 aliphatic rings. The lowest BCUT2D eigenvalue weighted by atomic mass is 10.1. The summed E-state index contributed by atoms with van der Waals surface area (Å²) >= 11 is 0. The molecule has 1 atom stereocenters. The standard InChI is InChI=1S/C29H35N3O5S/c1-5-27(29(34)30-3)31(19-24-14-10-9-11-22(24)2)28(33)20-32(38(4,35)36)25-15-17-26(18-16-25)37-21-23-12-7-6-8-13-23/h6-18,27H,5,19-21H2,1-4H3,(H,30,34)/t27-/m1/s1. The lowest BCUT2D eigenvalue weighted by Crippen LogP contribution is -2.51. The maximum Gasteiger partial charge on any atom is 0.244 e. The molecule has 0 aliphatic carbocycles. The topological polar surface area (TPSA) is 96.0 Å². The van der Waals surface area contributed by atoms with Crippen molar-refractivity contribution >= 4 is 27.5 Å². The van der Waals surface area contributed by atoms with Crippen LogP contribution in [0.2, 0.25) is 0 Å². The van der Waals surface area contributed by atoms with Crippen LogP contribution in [0.4, 0.5) is 5.69 Å². The third-order valence-corrected chi connectivity index (χ3v) is 7.43. The predicted octanol–water partition coefficient (Wildman–Crippen LogP) is 3.89. The monoisotopic (exact) mass is 537 g/mol. The minimum absolute atomic E-state index is 0.182. The van der Waals surface area contributed by atoms with Crippen LogP contribution in [0.1, 0.15) is 30.0 Å². The summed E-state index contributed by atoms with van der Waals surface area (Å²) in [6.45, 7) is 3.87. The Kier molecular flexibility index (Phi) is 9.90. The van der Waals surface area contributed by atoms with Crippen molar-refractivity contribution in [2.24, 2.45) is 0 Å². The van der Waals surface area contributed by atoms with Crippen LogP contribution in [0.3, 0.4) is 0 Å². The maximum absolute atomic E-state index is 13.7. The Morgan fingerprint density at radius 2 is 1.58 bits per heavy atom. The fourth-order valence-corrected chi connectivity index (χ4v) is 4.97. The second kappa shape index (κ2) is 13.1. The number of amides is 2. The van der Waals surface area contributed by atoms with Gasteiger partial charge in [0.1, 0.15) is 24.9 Å². The number of sulfonamides is 1. The Balaban J connectivity index is 1.84. The highest BCUT2D eigenvalue weighted by Gasteiger charge is 2.31. The molecule has 3 aromatic carbocycles. The summed E-state index contributed by atoms with van der Waals surface area (Å²) in [5.41, 5.74) is 3.20. The Morgan fingerprint density at radius 1 is 0.947 bits per heavy atom. The number of carbonyl (C=O) groups is 2. The molecule has 0 spiro atoms. The first kappa shape index (κ1) is 28.7. The Bertz CT molecular complexity index is 1330. The average Bonchev–Trinajstić information content (AvgIpc) is 2.91. The van der Waals surface area contributed by atoms with E-state index in [4.69, 9.17) is 4.74 Å². The van der Waals surface area contributed by atoms with Crippen molar-refractivity contribution in [3.8, 4) is 5.75 Å². The largest absolute Gasteiger partial charge is 0.489 e. The van der Waals surface area contributed by atoms with Crippen LogP contribution in [-0.2, 0) is 32.8 Å². The van der Waals surface area contributed by atoms with Gasteiger partial charge in [0.05, 0.1) is 11.9 Å². The van der Waals surface area contributed by atoms with Crippen molar-refractivity contribution in [3.05, 3.63) is 95.6 Å². The van der Waals surface area contributed by atoms with Crippen molar-refractivity contribution in [3.63, 3.8) is 0 Å². The SMILES string of the molecule is CC[C@H](C(=O)NC)N(Cc1ccccc1C)C(=O)CN(c1ccc(OCc2ccccc2)cc1)S(C)(=O)=O. The third-order valence-electron chi connectivity index (χ3n) is 6.29. The zero-order valence-corrected chi connectivity index (χ0v) is 23.1. The van der Waals surface area contributed by atoms with Gasteiger partial charge < -0.3 is 15.0 Å². The highest BCUT2D eigenvalue weighted by atomic mass is 32.2. The molecule has 38 heavy (non-hydrogen) atoms. The van der Waals surface area contributed by atoms with Gasteiger partial charge in [0.25, 0.3) is 0 Å². The van der Waals surface area contributed by atoms with Gasteiger partial charge in [0.15, 0.2) is 0 Å². The molecule has 3 rings (SSSR count). The number of hydrogen-bond donors (Lipinski definition) is 1. The van der Waals surface area contributed by atoms with Crippen LogP contribution in [-0.4, -0.2) is 51.0 Å². The van der Waals surface area contributed by atoms with Crippen LogP contribution in [0.5, 0.6) is 5.75 Å². The van der Waals surface area contributed by atoms with Crippen LogP contribution < -0.4 is 14.4 Å². The molecule has 3 aromatic rings. The van der Waals surface area contributed by atoms with E-state index in [1.807, 2.05) is 68.4 Å². The average molecular weight is 538 g/mol. The smallest absolute Gasteiger partial charge is 0.244 e. The molecular weight excluding hydrogens is 502 g/mol. The summed E-state index contributed by atoms with van der Waals surface area (Å²) in [6, 6.07) is 23.1. The van der Waals surface area contributed by atoms with E-state index in [9.17, 15) is 18.0 Å². The molecule has 8 nitrogen and oxygen atoms in total. The summed E-state index contributed by atoms with van der Waals surface area (Å²) in [6.07, 6.45) is 1.44. The van der Waals surface area contributed by atoms with Gasteiger partial charge in [-0.3, -0.25) is 13.9 Å². The molecule has 0 aliphatic heterocycles. The van der Waals surface area contributed by atoms with E-state index in [2.05, 4.69) is 5.32 Å². The molecule has 0 aromatic heterocycles. The number of ether oxygens (including phenoxy) is 1. The quantitative estimate of drug-likeness (QED) is 0.378. The molecule has 202 valence electrons. The lowest BCUT2D eigenvalue weighted by Gasteiger charge is -2.33. The Morgan fingerprint density at radius 3 is 2.16 bits per heavy atom. The Labute approximate surface area is 225 Å². The van der Waals surface area contributed by atoms with E-state index in [0.29, 0.717) is 24.5 Å². The molecule has 1 N–H and O–H groups in total. The molecule has 0 saturated carbocycles. The van der Waals surface area contributed by atoms with Gasteiger partial charge in [-0.15, -0.1) is 0 Å². The summed E-state index contributed by atoms with van der Waals surface area (Å²) in [5.74, 6) is -0.206. The summed E-state index contributed by atoms with van der Waals surface area (Å²) in [4.78, 5) is 27.8. The number of aryl methyl sites for hydroxylation is 1. The molecule has 0 unspecified atom stereocenters. The van der Waals surface area contributed by atoms with Crippen molar-refractivity contribution in [2.75, 3.05) is 24.2 Å². The van der Waals surface area contributed by atoms with Gasteiger partial charge in [-0.2, -0.15) is 0 Å². The zero-order chi connectivity index (χ0) is 27.7. The summed E-state index contributed by atoms with van der Waals surface area (Å²) in [7, 11) is -2.29. The van der Waals surface area contributed by atoms with E-state index in [0.717, 1.165) is 27.3 Å². The van der Waals surface area contributed by atoms with Crippen LogP contribution in [0.15, 0.2) is 78.9 Å². The van der Waals surface area contributed by atoms with Gasteiger partial charge in [0, 0.05) is 13.6 Å². The zero-order valence-electron chi connectivity index (χ0n) is 22.3. The van der Waals surface area contributed by atoms with Gasteiger partial charge in [-0.05, 0) is 54.3 Å². The fraction of sp³-hybridized carbons (Fsp3) is 0.310. The summed E-state index contributed by atoms with van der Waals surface area (Å²) < 4.78 is 32.4. The van der Waals surface area contributed by atoms with Gasteiger partial charge in [-0.25, -0.2) is 8.42 Å². The highest BCUT2D eigenvalue weighted by molar-refractivity contribution is 7.92. The van der Waals surface area contributed by atoms with Gasteiger partial charge in [-0.1, -0.05) is 61.5 Å². The minimum atomic E-state index is -3.81. The molecule has 2 amide bonds. The first-order valence-corrected chi connectivity index (χ1v) is 14.3. The first-order valence-electron chi connectivity index (χ1n) is 12.4. The second-order valence-corrected chi connectivity index (χ2v) is 10.9. The molecule has 9 heteroatoms. The molecule has 0 fully saturated rings. The summed E-state index contributed by atoms with van der Waals surface area (Å²) in [5, 5.41) is 2.62. The van der Waals surface area contributed by atoms with E-state index < -0.39 is 28.5 Å². The van der Waals surface area contributed by atoms with Crippen molar-refractivity contribution in [2.45, 2.75) is 39.5 Å². The van der Waals surface area contributed by atoms with Crippen molar-refractivity contribution in [1.82, 2.24) is 10.2 Å². The number of anilines is 1. The van der Waals surface area contributed by atoms with Gasteiger partial charge >= 0.3 is 0 Å². The predicted molar refractivity (Wildman–Crippen MR) is 149 cm³/mol. The van der Waals surface area contributed by atoms with Crippen LogP contribution >= 0.6 is 0 Å². The first-order chi connectivity index (χ1) is 18.1. The molecule has 0 bridgehead atoms.